The minimum atomic E-state index is -1.06. The van der Waals surface area contributed by atoms with Crippen molar-refractivity contribution >= 4 is 40.7 Å². The molecule has 3 aromatic carbocycles. The number of aliphatic imine (C=N–C) groups is 1. The number of nitrogens with one attached hydrogen (secondary N) is 4. The number of halogens is 1. The molecule has 2 amide bonds. The second kappa shape index (κ2) is 9.88. The molecule has 1 heterocycles. The number of hydrogen-bond donors (Lipinski definition) is 5. The Hall–Kier alpha value is -4.30. The van der Waals surface area contributed by atoms with Crippen molar-refractivity contribution in [1.29, 1.82) is 0 Å². The summed E-state index contributed by atoms with van der Waals surface area (Å²) < 4.78 is 0. The molecule has 3 aromatic rings. The largest absolute Gasteiger partial charge is 0.480 e. The van der Waals surface area contributed by atoms with Crippen LogP contribution in [-0.2, 0) is 4.79 Å². The molecule has 0 atom stereocenters. The van der Waals surface area contributed by atoms with E-state index >= 15 is 0 Å². The van der Waals surface area contributed by atoms with Gasteiger partial charge in [0.05, 0.1) is 5.71 Å². The molecular formula is C24H20ClN5O3. The molecule has 0 fully saturated rings. The van der Waals surface area contributed by atoms with Crippen LogP contribution in [0.3, 0.4) is 0 Å². The third-order valence-corrected chi connectivity index (χ3v) is 4.95. The standard InChI is InChI=1S/C24H20ClN5O3/c25-16-10-12-17(13-11-16)27-24(33)30-23-22(26-14-20(31)32)28-19-9-5-4-8-18(19)21(29-23)15-6-2-1-3-7-15/h1-13,26,28H,14H2,(H,31,32)(H2,27,30,33). The van der Waals surface area contributed by atoms with Crippen LogP contribution in [-0.4, -0.2) is 29.4 Å². The quantitative estimate of drug-likeness (QED) is 0.377. The summed E-state index contributed by atoms with van der Waals surface area (Å²) in [4.78, 5) is 28.7. The van der Waals surface area contributed by atoms with Gasteiger partial charge in [-0.2, -0.15) is 0 Å². The van der Waals surface area contributed by atoms with Gasteiger partial charge in [0.1, 0.15) is 12.4 Å². The summed E-state index contributed by atoms with van der Waals surface area (Å²) in [5.74, 6) is -0.668. The summed E-state index contributed by atoms with van der Waals surface area (Å²) in [6, 6.07) is 23.1. The molecule has 0 bridgehead atoms. The second-order valence-corrected chi connectivity index (χ2v) is 7.49. The Bertz CT molecular complexity index is 1240. The Morgan fingerprint density at radius 3 is 2.33 bits per heavy atom. The number of rotatable bonds is 6. The number of para-hydroxylation sites is 1. The van der Waals surface area contributed by atoms with E-state index in [0.29, 0.717) is 22.1 Å². The molecule has 0 aliphatic carbocycles. The van der Waals surface area contributed by atoms with E-state index in [0.717, 1.165) is 11.1 Å². The van der Waals surface area contributed by atoms with E-state index in [1.165, 1.54) is 0 Å². The molecule has 33 heavy (non-hydrogen) atoms. The number of nitrogens with zero attached hydrogens (tertiary/aromatic N) is 1. The van der Waals surface area contributed by atoms with Gasteiger partial charge < -0.3 is 21.1 Å². The number of aliphatic carboxylic acids is 1. The van der Waals surface area contributed by atoms with Gasteiger partial charge in [-0.1, -0.05) is 60.1 Å². The zero-order chi connectivity index (χ0) is 23.2. The van der Waals surface area contributed by atoms with Crippen LogP contribution in [0.4, 0.5) is 16.2 Å². The van der Waals surface area contributed by atoms with Crippen LogP contribution < -0.4 is 21.3 Å². The average Bonchev–Trinajstić information content (AvgIpc) is 2.96. The first-order chi connectivity index (χ1) is 16.0. The minimum absolute atomic E-state index is 0.137. The minimum Gasteiger partial charge on any atom is -0.480 e. The Kier molecular flexibility index (Phi) is 6.56. The van der Waals surface area contributed by atoms with Gasteiger partial charge in [-0.3, -0.25) is 10.1 Å². The van der Waals surface area contributed by atoms with E-state index < -0.39 is 12.0 Å². The highest BCUT2D eigenvalue weighted by atomic mass is 35.5. The van der Waals surface area contributed by atoms with Crippen molar-refractivity contribution in [2.75, 3.05) is 17.2 Å². The number of carboxylic acids is 1. The van der Waals surface area contributed by atoms with Gasteiger partial charge in [0.2, 0.25) is 0 Å². The Balaban J connectivity index is 1.73. The van der Waals surface area contributed by atoms with Gasteiger partial charge in [-0.15, -0.1) is 0 Å². The van der Waals surface area contributed by atoms with Crippen molar-refractivity contribution in [2.24, 2.45) is 4.99 Å². The number of carboxylic acid groups (broad SMARTS) is 1. The molecule has 0 spiro atoms. The van der Waals surface area contributed by atoms with E-state index in [1.807, 2.05) is 54.6 Å². The number of benzene rings is 3. The summed E-state index contributed by atoms with van der Waals surface area (Å²) in [6.07, 6.45) is 0. The van der Waals surface area contributed by atoms with Gasteiger partial charge in [0, 0.05) is 27.5 Å². The maximum Gasteiger partial charge on any atom is 0.324 e. The third-order valence-electron chi connectivity index (χ3n) is 4.70. The molecule has 1 aliphatic rings. The average molecular weight is 462 g/mol. The van der Waals surface area contributed by atoms with Gasteiger partial charge >= 0.3 is 12.0 Å². The first kappa shape index (κ1) is 21.9. The van der Waals surface area contributed by atoms with Crippen molar-refractivity contribution in [1.82, 2.24) is 10.6 Å². The summed E-state index contributed by atoms with van der Waals surface area (Å²) >= 11 is 5.90. The Labute approximate surface area is 195 Å². The molecule has 8 nitrogen and oxygen atoms in total. The van der Waals surface area contributed by atoms with Crippen LogP contribution >= 0.6 is 11.6 Å². The number of amides is 2. The van der Waals surface area contributed by atoms with Gasteiger partial charge in [0.15, 0.2) is 5.82 Å². The number of anilines is 2. The maximum absolute atomic E-state index is 12.7. The fraction of sp³-hybridized carbons (Fsp3) is 0.0417. The SMILES string of the molecule is O=C(O)CNC1=C(NC(=O)Nc2ccc(Cl)cc2)N=C(c2ccccc2)c2ccccc2N1. The van der Waals surface area contributed by atoms with Gasteiger partial charge in [0.25, 0.3) is 0 Å². The van der Waals surface area contributed by atoms with E-state index in [9.17, 15) is 9.59 Å². The highest BCUT2D eigenvalue weighted by Crippen LogP contribution is 2.26. The molecule has 4 rings (SSSR count). The first-order valence-corrected chi connectivity index (χ1v) is 10.4. The lowest BCUT2D eigenvalue weighted by Crippen LogP contribution is -2.34. The van der Waals surface area contributed by atoms with Crippen molar-refractivity contribution in [3.05, 3.63) is 107 Å². The molecule has 166 valence electrons. The first-order valence-electron chi connectivity index (χ1n) is 10.0. The van der Waals surface area contributed by atoms with Gasteiger partial charge in [-0.05, 0) is 30.3 Å². The van der Waals surface area contributed by atoms with Crippen LogP contribution in [0, 0.1) is 0 Å². The summed E-state index contributed by atoms with van der Waals surface area (Å²) in [7, 11) is 0. The lowest BCUT2D eigenvalue weighted by Gasteiger charge is -2.15. The van der Waals surface area contributed by atoms with Crippen molar-refractivity contribution in [2.45, 2.75) is 0 Å². The van der Waals surface area contributed by atoms with Crippen molar-refractivity contribution in [3.63, 3.8) is 0 Å². The second-order valence-electron chi connectivity index (χ2n) is 7.05. The monoisotopic (exact) mass is 461 g/mol. The van der Waals surface area contributed by atoms with Crippen molar-refractivity contribution in [3.8, 4) is 0 Å². The lowest BCUT2D eigenvalue weighted by molar-refractivity contribution is -0.135. The predicted molar refractivity (Wildman–Crippen MR) is 128 cm³/mol. The molecule has 9 heteroatoms. The van der Waals surface area contributed by atoms with Crippen molar-refractivity contribution < 1.29 is 14.7 Å². The fourth-order valence-electron chi connectivity index (χ4n) is 3.22. The van der Waals surface area contributed by atoms with E-state index in [-0.39, 0.29) is 18.2 Å². The van der Waals surface area contributed by atoms with Crippen LogP contribution in [0.2, 0.25) is 5.02 Å². The molecule has 0 saturated heterocycles. The van der Waals surface area contributed by atoms with Crippen LogP contribution in [0.1, 0.15) is 11.1 Å². The zero-order valence-electron chi connectivity index (χ0n) is 17.3. The predicted octanol–water partition coefficient (Wildman–Crippen LogP) is 4.23. The van der Waals surface area contributed by atoms with Crippen LogP contribution in [0.25, 0.3) is 0 Å². The number of hydrogen-bond acceptors (Lipinski definition) is 5. The highest BCUT2D eigenvalue weighted by Gasteiger charge is 2.21. The summed E-state index contributed by atoms with van der Waals surface area (Å²) in [5, 5.41) is 21.1. The van der Waals surface area contributed by atoms with E-state index in [4.69, 9.17) is 21.7 Å². The fourth-order valence-corrected chi connectivity index (χ4v) is 3.35. The molecule has 0 saturated carbocycles. The smallest absolute Gasteiger partial charge is 0.324 e. The van der Waals surface area contributed by atoms with E-state index in [2.05, 4.69) is 21.3 Å². The molecule has 0 unspecified atom stereocenters. The molecule has 0 radical (unpaired) electrons. The Morgan fingerprint density at radius 2 is 1.61 bits per heavy atom. The summed E-state index contributed by atoms with van der Waals surface area (Å²) in [6.45, 7) is -0.370. The highest BCUT2D eigenvalue weighted by molar-refractivity contribution is 6.30. The lowest BCUT2D eigenvalue weighted by atomic mass is 10.0. The Morgan fingerprint density at radius 1 is 0.909 bits per heavy atom. The normalized spacial score (nSPS) is 12.6. The number of urea groups is 1. The molecular weight excluding hydrogens is 442 g/mol. The topological polar surface area (TPSA) is 115 Å². The summed E-state index contributed by atoms with van der Waals surface area (Å²) in [5.41, 5.74) is 3.50. The third kappa shape index (κ3) is 5.50. The van der Waals surface area contributed by atoms with Crippen LogP contribution in [0.15, 0.2) is 95.5 Å². The molecule has 1 aliphatic heterocycles. The zero-order valence-corrected chi connectivity index (χ0v) is 18.1. The maximum atomic E-state index is 12.7. The van der Waals surface area contributed by atoms with Gasteiger partial charge in [-0.25, -0.2) is 9.79 Å². The number of carbonyl (C=O) groups is 2. The molecule has 5 N–H and O–H groups in total. The van der Waals surface area contributed by atoms with E-state index in [1.54, 1.807) is 24.3 Å². The number of carbonyl (C=O) groups excluding carboxylic acids is 1. The van der Waals surface area contributed by atoms with Crippen LogP contribution in [0.5, 0.6) is 0 Å². The molecule has 0 aromatic heterocycles. The number of fused-ring (bicyclic) bond motifs is 1.